The Labute approximate surface area is 112 Å². The predicted molar refractivity (Wildman–Crippen MR) is 72.7 cm³/mol. The average molecular weight is 268 g/mol. The highest BCUT2D eigenvalue weighted by atomic mass is 19.1. The second-order valence-corrected chi connectivity index (χ2v) is 5.05. The Morgan fingerprint density at radius 1 is 1.26 bits per heavy atom. The Kier molecular flexibility index (Phi) is 5.13. The normalized spacial score (nSPS) is 19.4. The number of halogens is 1. The molecule has 0 amide bonds. The van der Waals surface area contributed by atoms with Crippen LogP contribution in [-0.2, 0) is 0 Å². The standard InChI is InChI=1S/C14H21FN2O2/c15-12-1-3-14(4-2-12)17-6-5-11(8-17)7-16-13(9-18)10-19/h1-4,11,13,16,18-19H,5-10H2/t11-/m1/s1. The second kappa shape index (κ2) is 6.84. The first-order valence-corrected chi connectivity index (χ1v) is 6.68. The highest BCUT2D eigenvalue weighted by Crippen LogP contribution is 2.23. The third-order valence-corrected chi connectivity index (χ3v) is 3.61. The van der Waals surface area contributed by atoms with Crippen molar-refractivity contribution in [3.8, 4) is 0 Å². The van der Waals surface area contributed by atoms with Crippen LogP contribution in [0.3, 0.4) is 0 Å². The molecular formula is C14H21FN2O2. The molecule has 0 aromatic heterocycles. The number of nitrogens with one attached hydrogen (secondary N) is 1. The van der Waals surface area contributed by atoms with Crippen molar-refractivity contribution in [1.29, 1.82) is 0 Å². The summed E-state index contributed by atoms with van der Waals surface area (Å²) < 4.78 is 12.9. The van der Waals surface area contributed by atoms with Crippen LogP contribution in [0.15, 0.2) is 24.3 Å². The van der Waals surface area contributed by atoms with Crippen molar-refractivity contribution in [2.24, 2.45) is 5.92 Å². The first-order valence-electron chi connectivity index (χ1n) is 6.68. The fourth-order valence-corrected chi connectivity index (χ4v) is 2.41. The molecule has 1 aliphatic rings. The number of aliphatic hydroxyl groups is 2. The molecule has 19 heavy (non-hydrogen) atoms. The molecule has 5 heteroatoms. The molecule has 1 aromatic carbocycles. The minimum atomic E-state index is -0.236. The van der Waals surface area contributed by atoms with E-state index in [-0.39, 0.29) is 25.1 Å². The fraction of sp³-hybridized carbons (Fsp3) is 0.571. The van der Waals surface area contributed by atoms with Gasteiger partial charge in [0, 0.05) is 25.3 Å². The van der Waals surface area contributed by atoms with Crippen LogP contribution in [0.4, 0.5) is 10.1 Å². The van der Waals surface area contributed by atoms with Crippen LogP contribution in [0.25, 0.3) is 0 Å². The predicted octanol–water partition coefficient (Wildman–Crippen LogP) is 0.595. The second-order valence-electron chi connectivity index (χ2n) is 5.05. The lowest BCUT2D eigenvalue weighted by Crippen LogP contribution is -2.39. The molecule has 4 nitrogen and oxygen atoms in total. The summed E-state index contributed by atoms with van der Waals surface area (Å²) in [6, 6.07) is 6.33. The maximum Gasteiger partial charge on any atom is 0.123 e. The number of hydrogen-bond donors (Lipinski definition) is 3. The molecule has 0 aliphatic carbocycles. The van der Waals surface area contributed by atoms with E-state index in [1.165, 1.54) is 12.1 Å². The average Bonchev–Trinajstić information content (AvgIpc) is 2.89. The summed E-state index contributed by atoms with van der Waals surface area (Å²) in [4.78, 5) is 2.23. The van der Waals surface area contributed by atoms with E-state index < -0.39 is 0 Å². The Bertz CT molecular complexity index is 382. The summed E-state index contributed by atoms with van der Waals surface area (Å²) in [7, 11) is 0. The third-order valence-electron chi connectivity index (χ3n) is 3.61. The maximum atomic E-state index is 12.9. The smallest absolute Gasteiger partial charge is 0.123 e. The zero-order valence-corrected chi connectivity index (χ0v) is 10.9. The van der Waals surface area contributed by atoms with Gasteiger partial charge in [0.1, 0.15) is 5.82 Å². The zero-order chi connectivity index (χ0) is 13.7. The van der Waals surface area contributed by atoms with Gasteiger partial charge in [-0.05, 0) is 36.6 Å². The van der Waals surface area contributed by atoms with Gasteiger partial charge in [-0.25, -0.2) is 4.39 Å². The minimum absolute atomic E-state index is 0.0507. The van der Waals surface area contributed by atoms with Crippen molar-refractivity contribution in [2.75, 3.05) is 37.7 Å². The summed E-state index contributed by atoms with van der Waals surface area (Å²) in [5.74, 6) is 0.278. The number of hydrogen-bond acceptors (Lipinski definition) is 4. The lowest BCUT2D eigenvalue weighted by molar-refractivity contribution is 0.168. The van der Waals surface area contributed by atoms with E-state index >= 15 is 0 Å². The number of benzene rings is 1. The SMILES string of the molecule is OCC(CO)NC[C@H]1CCN(c2ccc(F)cc2)C1. The molecule has 2 rings (SSSR count). The molecule has 1 aromatic rings. The van der Waals surface area contributed by atoms with Gasteiger partial charge in [-0.3, -0.25) is 0 Å². The molecule has 1 aliphatic heterocycles. The van der Waals surface area contributed by atoms with Gasteiger partial charge in [0.2, 0.25) is 0 Å². The van der Waals surface area contributed by atoms with Gasteiger partial charge in [-0.2, -0.15) is 0 Å². The molecule has 1 saturated heterocycles. The summed E-state index contributed by atoms with van der Waals surface area (Å²) >= 11 is 0. The molecule has 1 fully saturated rings. The van der Waals surface area contributed by atoms with Crippen LogP contribution in [0.5, 0.6) is 0 Å². The number of aliphatic hydroxyl groups excluding tert-OH is 2. The molecule has 1 atom stereocenters. The first-order chi connectivity index (χ1) is 9.22. The number of nitrogens with zero attached hydrogens (tertiary/aromatic N) is 1. The van der Waals surface area contributed by atoms with E-state index in [1.54, 1.807) is 12.1 Å². The van der Waals surface area contributed by atoms with E-state index in [9.17, 15) is 4.39 Å². The van der Waals surface area contributed by atoms with Crippen LogP contribution >= 0.6 is 0 Å². The third kappa shape index (κ3) is 3.89. The summed E-state index contributed by atoms with van der Waals surface area (Å²) in [6.45, 7) is 2.56. The van der Waals surface area contributed by atoms with Gasteiger partial charge in [0.25, 0.3) is 0 Å². The van der Waals surface area contributed by atoms with Crippen molar-refractivity contribution in [2.45, 2.75) is 12.5 Å². The molecule has 1 heterocycles. The van der Waals surface area contributed by atoms with Crippen molar-refractivity contribution in [3.63, 3.8) is 0 Å². The molecule has 0 unspecified atom stereocenters. The van der Waals surface area contributed by atoms with Crippen molar-refractivity contribution >= 4 is 5.69 Å². The van der Waals surface area contributed by atoms with Gasteiger partial charge < -0.3 is 20.4 Å². The Morgan fingerprint density at radius 3 is 2.58 bits per heavy atom. The van der Waals surface area contributed by atoms with Gasteiger partial charge in [-0.15, -0.1) is 0 Å². The molecular weight excluding hydrogens is 247 g/mol. The lowest BCUT2D eigenvalue weighted by atomic mass is 10.1. The number of rotatable bonds is 6. The molecule has 0 spiro atoms. The quantitative estimate of drug-likeness (QED) is 0.707. The molecule has 3 N–H and O–H groups in total. The Morgan fingerprint density at radius 2 is 1.95 bits per heavy atom. The van der Waals surface area contributed by atoms with Crippen LogP contribution in [-0.4, -0.2) is 49.1 Å². The van der Waals surface area contributed by atoms with Crippen molar-refractivity contribution < 1.29 is 14.6 Å². The van der Waals surface area contributed by atoms with E-state index in [1.807, 2.05) is 0 Å². The van der Waals surface area contributed by atoms with E-state index in [4.69, 9.17) is 10.2 Å². The van der Waals surface area contributed by atoms with Crippen molar-refractivity contribution in [1.82, 2.24) is 5.32 Å². The molecule has 0 radical (unpaired) electrons. The van der Waals surface area contributed by atoms with E-state index in [2.05, 4.69) is 10.2 Å². The Hall–Kier alpha value is -1.17. The van der Waals surface area contributed by atoms with Gasteiger partial charge >= 0.3 is 0 Å². The summed E-state index contributed by atoms with van der Waals surface area (Å²) in [5, 5.41) is 21.1. The van der Waals surface area contributed by atoms with Crippen LogP contribution in [0.2, 0.25) is 0 Å². The minimum Gasteiger partial charge on any atom is -0.395 e. The Balaban J connectivity index is 1.81. The highest BCUT2D eigenvalue weighted by molar-refractivity contribution is 5.47. The molecule has 106 valence electrons. The topological polar surface area (TPSA) is 55.7 Å². The van der Waals surface area contributed by atoms with E-state index in [0.29, 0.717) is 5.92 Å². The maximum absolute atomic E-state index is 12.9. The zero-order valence-electron chi connectivity index (χ0n) is 10.9. The van der Waals surface area contributed by atoms with Crippen LogP contribution in [0, 0.1) is 11.7 Å². The van der Waals surface area contributed by atoms with Gasteiger partial charge in [0.05, 0.1) is 19.3 Å². The van der Waals surface area contributed by atoms with Crippen LogP contribution < -0.4 is 10.2 Å². The first kappa shape index (κ1) is 14.2. The summed E-state index contributed by atoms with van der Waals surface area (Å²) in [6.07, 6.45) is 1.06. The highest BCUT2D eigenvalue weighted by Gasteiger charge is 2.23. The summed E-state index contributed by atoms with van der Waals surface area (Å²) in [5.41, 5.74) is 1.05. The lowest BCUT2D eigenvalue weighted by Gasteiger charge is -2.20. The van der Waals surface area contributed by atoms with Gasteiger partial charge in [0.15, 0.2) is 0 Å². The largest absolute Gasteiger partial charge is 0.395 e. The molecule has 0 bridgehead atoms. The van der Waals surface area contributed by atoms with E-state index in [0.717, 1.165) is 31.7 Å². The fourth-order valence-electron chi connectivity index (χ4n) is 2.41. The monoisotopic (exact) mass is 268 g/mol. The van der Waals surface area contributed by atoms with Crippen LogP contribution in [0.1, 0.15) is 6.42 Å². The van der Waals surface area contributed by atoms with Crippen molar-refractivity contribution in [3.05, 3.63) is 30.1 Å². The number of anilines is 1. The molecule has 0 saturated carbocycles. The van der Waals surface area contributed by atoms with Gasteiger partial charge in [-0.1, -0.05) is 0 Å².